The quantitative estimate of drug-likeness (QED) is 0.253. The Morgan fingerprint density at radius 2 is 1.96 bits per heavy atom. The van der Waals surface area contributed by atoms with Crippen LogP contribution in [0.3, 0.4) is 0 Å². The van der Waals surface area contributed by atoms with E-state index in [4.69, 9.17) is 16.6 Å². The number of non-ortho nitro benzene ring substituents is 1. The molecule has 28 heavy (non-hydrogen) atoms. The molecular formula is C15H8N4O7S2. The van der Waals surface area contributed by atoms with Crippen LogP contribution < -0.4 is 0 Å². The Hall–Kier alpha value is -3.58. The molecule has 13 heteroatoms. The van der Waals surface area contributed by atoms with Crippen LogP contribution in [-0.2, 0) is 4.79 Å². The van der Waals surface area contributed by atoms with E-state index in [0.717, 1.165) is 47.3 Å². The van der Waals surface area contributed by atoms with E-state index in [2.05, 4.69) is 5.10 Å². The molecule has 0 atom stereocenters. The predicted octanol–water partition coefficient (Wildman–Crippen LogP) is 3.04. The van der Waals surface area contributed by atoms with Crippen molar-refractivity contribution in [3.05, 3.63) is 66.8 Å². The van der Waals surface area contributed by atoms with Crippen molar-refractivity contribution in [2.75, 3.05) is 0 Å². The summed E-state index contributed by atoms with van der Waals surface area (Å²) in [5, 5.41) is 36.0. The highest BCUT2D eigenvalue weighted by Gasteiger charge is 2.32. The number of hydrazone groups is 1. The molecule has 2 heterocycles. The number of hydrogen-bond donors (Lipinski definition) is 1. The first kappa shape index (κ1) is 19.2. The van der Waals surface area contributed by atoms with Gasteiger partial charge in [0.2, 0.25) is 0 Å². The molecule has 1 fully saturated rings. The van der Waals surface area contributed by atoms with Gasteiger partial charge in [-0.05, 0) is 24.4 Å². The first-order valence-corrected chi connectivity index (χ1v) is 8.52. The molecule has 11 nitrogen and oxygen atoms in total. The van der Waals surface area contributed by atoms with Gasteiger partial charge in [-0.25, -0.2) is 0 Å². The van der Waals surface area contributed by atoms with Crippen LogP contribution in [0.4, 0.5) is 11.6 Å². The Bertz CT molecular complexity index is 1080. The minimum absolute atomic E-state index is 0.0221. The molecule has 1 aromatic carbocycles. The van der Waals surface area contributed by atoms with Crippen LogP contribution in [0.5, 0.6) is 5.75 Å². The molecule has 1 amide bonds. The Kier molecular flexibility index (Phi) is 5.19. The van der Waals surface area contributed by atoms with Crippen molar-refractivity contribution in [1.29, 1.82) is 0 Å². The number of benzene rings is 1. The van der Waals surface area contributed by atoms with Gasteiger partial charge in [0.05, 0.1) is 22.1 Å². The maximum Gasteiger partial charge on any atom is 0.433 e. The third kappa shape index (κ3) is 3.89. The van der Waals surface area contributed by atoms with Crippen molar-refractivity contribution in [3.63, 3.8) is 0 Å². The molecule has 1 N–H and O–H groups in total. The summed E-state index contributed by atoms with van der Waals surface area (Å²) in [6.45, 7) is 0. The summed E-state index contributed by atoms with van der Waals surface area (Å²) in [6.07, 6.45) is 2.35. The van der Waals surface area contributed by atoms with Crippen molar-refractivity contribution in [3.8, 4) is 5.75 Å². The number of aromatic hydroxyl groups is 1. The molecule has 0 radical (unpaired) electrons. The number of carbonyl (C=O) groups excluding carboxylic acids is 1. The van der Waals surface area contributed by atoms with E-state index in [-0.39, 0.29) is 32.0 Å². The van der Waals surface area contributed by atoms with E-state index in [9.17, 15) is 30.1 Å². The van der Waals surface area contributed by atoms with Gasteiger partial charge >= 0.3 is 5.88 Å². The number of furan rings is 1. The highest BCUT2D eigenvalue weighted by molar-refractivity contribution is 8.26. The molecule has 1 saturated heterocycles. The second kappa shape index (κ2) is 7.58. The Labute approximate surface area is 165 Å². The normalized spacial score (nSPS) is 15.7. The zero-order valence-corrected chi connectivity index (χ0v) is 15.2. The number of thioether (sulfide) groups is 1. The van der Waals surface area contributed by atoms with Crippen molar-refractivity contribution in [1.82, 2.24) is 5.01 Å². The van der Waals surface area contributed by atoms with Gasteiger partial charge in [-0.1, -0.05) is 11.8 Å². The smallest absolute Gasteiger partial charge is 0.433 e. The third-order valence-electron chi connectivity index (χ3n) is 3.37. The third-order valence-corrected chi connectivity index (χ3v) is 4.66. The number of amides is 1. The molecular weight excluding hydrogens is 412 g/mol. The molecule has 1 aliphatic heterocycles. The Morgan fingerprint density at radius 1 is 1.21 bits per heavy atom. The summed E-state index contributed by atoms with van der Waals surface area (Å²) in [7, 11) is 0. The van der Waals surface area contributed by atoms with Gasteiger partial charge in [0.25, 0.3) is 11.6 Å². The van der Waals surface area contributed by atoms with Crippen LogP contribution in [0.2, 0.25) is 0 Å². The minimum Gasteiger partial charge on any atom is -0.507 e. The van der Waals surface area contributed by atoms with Crippen molar-refractivity contribution >= 4 is 58.1 Å². The van der Waals surface area contributed by atoms with Gasteiger partial charge in [0.15, 0.2) is 4.32 Å². The number of nitro benzene ring substituents is 1. The second-order valence-corrected chi connectivity index (χ2v) is 6.85. The fraction of sp³-hybridized carbons (Fsp3) is 0. The molecule has 2 aromatic rings. The van der Waals surface area contributed by atoms with Gasteiger partial charge in [-0.2, -0.15) is 10.1 Å². The summed E-state index contributed by atoms with van der Waals surface area (Å²) < 4.78 is 5.04. The standard InChI is InChI=1S/C15H8N4O7S2/c20-11-3-1-9(18(22)23)5-8(11)7-16-17-14(21)12(28-15(17)27)6-10-2-4-13(26-10)19(24)25/h1-7,20H/b12-6+,16-7+. The van der Waals surface area contributed by atoms with Crippen LogP contribution in [0, 0.1) is 20.2 Å². The minimum atomic E-state index is -0.710. The first-order chi connectivity index (χ1) is 13.3. The van der Waals surface area contributed by atoms with Gasteiger partial charge in [0.1, 0.15) is 16.4 Å². The zero-order valence-electron chi connectivity index (χ0n) is 13.5. The lowest BCUT2D eigenvalue weighted by molar-refractivity contribution is -0.402. The lowest BCUT2D eigenvalue weighted by atomic mass is 10.2. The average molecular weight is 420 g/mol. The zero-order chi connectivity index (χ0) is 20.4. The Morgan fingerprint density at radius 3 is 2.61 bits per heavy atom. The summed E-state index contributed by atoms with van der Waals surface area (Å²) in [5.74, 6) is -1.26. The van der Waals surface area contributed by atoms with Gasteiger partial charge in [0, 0.05) is 23.8 Å². The molecule has 0 saturated carbocycles. The fourth-order valence-electron chi connectivity index (χ4n) is 2.08. The molecule has 1 aromatic heterocycles. The van der Waals surface area contributed by atoms with Gasteiger partial charge < -0.3 is 9.52 Å². The summed E-state index contributed by atoms with van der Waals surface area (Å²) in [6, 6.07) is 5.82. The number of carbonyl (C=O) groups is 1. The van der Waals surface area contributed by atoms with Crippen molar-refractivity contribution in [2.45, 2.75) is 0 Å². The highest BCUT2D eigenvalue weighted by Crippen LogP contribution is 2.33. The van der Waals surface area contributed by atoms with Gasteiger partial charge in [-0.15, -0.1) is 0 Å². The van der Waals surface area contributed by atoms with Gasteiger partial charge in [-0.3, -0.25) is 25.0 Å². The number of phenolic OH excluding ortho intramolecular Hbond substituents is 1. The summed E-state index contributed by atoms with van der Waals surface area (Å²) in [5.41, 5.74) is -0.238. The number of hydrogen-bond acceptors (Lipinski definition) is 10. The maximum atomic E-state index is 12.4. The maximum absolute atomic E-state index is 12.4. The van der Waals surface area contributed by atoms with E-state index in [1.807, 2.05) is 0 Å². The van der Waals surface area contributed by atoms with E-state index in [1.165, 1.54) is 12.1 Å². The van der Waals surface area contributed by atoms with E-state index in [1.54, 1.807) is 0 Å². The number of nitrogens with zero attached hydrogens (tertiary/aromatic N) is 4. The molecule has 0 spiro atoms. The van der Waals surface area contributed by atoms with E-state index < -0.39 is 21.6 Å². The number of phenols is 1. The number of thiocarbonyl (C=S) groups is 1. The monoisotopic (exact) mass is 420 g/mol. The number of rotatable bonds is 5. The van der Waals surface area contributed by atoms with Crippen LogP contribution >= 0.6 is 24.0 Å². The molecule has 142 valence electrons. The molecule has 1 aliphatic rings. The predicted molar refractivity (Wildman–Crippen MR) is 103 cm³/mol. The molecule has 0 bridgehead atoms. The lowest BCUT2D eigenvalue weighted by Gasteiger charge is -2.06. The van der Waals surface area contributed by atoms with E-state index in [0.29, 0.717) is 0 Å². The van der Waals surface area contributed by atoms with E-state index >= 15 is 0 Å². The second-order valence-electron chi connectivity index (χ2n) is 5.17. The Balaban J connectivity index is 1.83. The number of nitro groups is 2. The summed E-state index contributed by atoms with van der Waals surface area (Å²) >= 11 is 5.97. The lowest BCUT2D eigenvalue weighted by Crippen LogP contribution is -2.22. The van der Waals surface area contributed by atoms with Crippen LogP contribution in [0.25, 0.3) is 6.08 Å². The molecule has 0 unspecified atom stereocenters. The largest absolute Gasteiger partial charge is 0.507 e. The average Bonchev–Trinajstić information content (AvgIpc) is 3.20. The topological polar surface area (TPSA) is 152 Å². The van der Waals surface area contributed by atoms with Crippen LogP contribution in [0.1, 0.15) is 11.3 Å². The first-order valence-electron chi connectivity index (χ1n) is 7.30. The SMILES string of the molecule is O=C1/C(=C\c2ccc([N+](=O)[O-])o2)SC(=S)N1/N=C/c1cc([N+](=O)[O-])ccc1O. The molecule has 0 aliphatic carbocycles. The molecule has 3 rings (SSSR count). The van der Waals surface area contributed by atoms with Crippen molar-refractivity contribution < 1.29 is 24.2 Å². The van der Waals surface area contributed by atoms with Crippen LogP contribution in [-0.4, -0.2) is 36.4 Å². The summed E-state index contributed by atoms with van der Waals surface area (Å²) in [4.78, 5) is 32.7. The fourth-order valence-corrected chi connectivity index (χ4v) is 3.24. The van der Waals surface area contributed by atoms with Crippen LogP contribution in [0.15, 0.2) is 44.8 Å². The van der Waals surface area contributed by atoms with Crippen molar-refractivity contribution in [2.24, 2.45) is 5.10 Å². The highest BCUT2D eigenvalue weighted by atomic mass is 32.2.